The highest BCUT2D eigenvalue weighted by molar-refractivity contribution is 5.82. The predicted molar refractivity (Wildman–Crippen MR) is 46.3 cm³/mol. The molecule has 0 aromatic carbocycles. The molecule has 0 aromatic rings. The fourth-order valence-electron chi connectivity index (χ4n) is 1.31. The number of allylic oxidation sites excluding steroid dienone is 1. The quantitative estimate of drug-likeness (QED) is 0.567. The van der Waals surface area contributed by atoms with E-state index in [1.54, 1.807) is 6.92 Å². The smallest absolute Gasteiger partial charge is 0.340 e. The molecule has 0 saturated carbocycles. The van der Waals surface area contributed by atoms with Gasteiger partial charge >= 0.3 is 5.97 Å². The minimum atomic E-state index is -1.85. The van der Waals surface area contributed by atoms with Crippen LogP contribution < -0.4 is 0 Å². The number of hydrogen-bond donors (Lipinski definition) is 3. The lowest BCUT2D eigenvalue weighted by atomic mass is 9.83. The Morgan fingerprint density at radius 2 is 2.08 bits per heavy atom. The van der Waals surface area contributed by atoms with Gasteiger partial charge in [-0.15, -0.1) is 0 Å². The van der Waals surface area contributed by atoms with Crippen LogP contribution in [-0.2, 0) is 4.79 Å². The van der Waals surface area contributed by atoms with Crippen LogP contribution in [0.2, 0.25) is 0 Å². The molecule has 72 valence electrons. The largest absolute Gasteiger partial charge is 0.508 e. The van der Waals surface area contributed by atoms with Gasteiger partial charge in [0.25, 0.3) is 0 Å². The van der Waals surface area contributed by atoms with Gasteiger partial charge in [0.2, 0.25) is 0 Å². The van der Waals surface area contributed by atoms with Crippen molar-refractivity contribution in [2.24, 2.45) is 0 Å². The summed E-state index contributed by atoms with van der Waals surface area (Å²) in [5.74, 6) is -1.24. The summed E-state index contributed by atoms with van der Waals surface area (Å²) in [6.07, 6.45) is 1.23. The molecule has 0 aromatic heterocycles. The van der Waals surface area contributed by atoms with Crippen LogP contribution in [0.4, 0.5) is 0 Å². The molecule has 1 rings (SSSR count). The molecule has 0 radical (unpaired) electrons. The van der Waals surface area contributed by atoms with Crippen molar-refractivity contribution < 1.29 is 20.1 Å². The van der Waals surface area contributed by atoms with Crippen molar-refractivity contribution in [2.45, 2.75) is 25.9 Å². The van der Waals surface area contributed by atoms with Crippen LogP contribution in [0, 0.1) is 0 Å². The number of carboxylic acid groups (broad SMARTS) is 1. The number of aliphatic hydroxyl groups is 2. The highest BCUT2D eigenvalue weighted by Crippen LogP contribution is 2.31. The maximum absolute atomic E-state index is 10.7. The molecule has 0 heterocycles. The van der Waals surface area contributed by atoms with E-state index in [0.717, 1.165) is 0 Å². The van der Waals surface area contributed by atoms with E-state index < -0.39 is 11.6 Å². The lowest BCUT2D eigenvalue weighted by Crippen LogP contribution is -2.41. The molecule has 3 N–H and O–H groups in total. The van der Waals surface area contributed by atoms with Crippen molar-refractivity contribution in [1.82, 2.24) is 0 Å². The second kappa shape index (κ2) is 2.88. The van der Waals surface area contributed by atoms with Gasteiger partial charge < -0.3 is 15.3 Å². The summed E-state index contributed by atoms with van der Waals surface area (Å²) in [6, 6.07) is 0. The molecule has 0 bridgehead atoms. The van der Waals surface area contributed by atoms with Crippen molar-refractivity contribution >= 4 is 5.97 Å². The monoisotopic (exact) mass is 184 g/mol. The van der Waals surface area contributed by atoms with Crippen molar-refractivity contribution in [3.05, 3.63) is 23.0 Å². The second-order valence-corrected chi connectivity index (χ2v) is 3.34. The zero-order valence-electron chi connectivity index (χ0n) is 7.53. The minimum absolute atomic E-state index is 0.0448. The fraction of sp³-hybridized carbons (Fsp3) is 0.444. The van der Waals surface area contributed by atoms with Crippen LogP contribution in [0.3, 0.4) is 0 Å². The summed E-state index contributed by atoms with van der Waals surface area (Å²) in [4.78, 5) is 10.7. The van der Waals surface area contributed by atoms with E-state index >= 15 is 0 Å². The van der Waals surface area contributed by atoms with Gasteiger partial charge in [0.05, 0.1) is 0 Å². The van der Waals surface area contributed by atoms with Gasteiger partial charge in [-0.05, 0) is 31.1 Å². The topological polar surface area (TPSA) is 77.8 Å². The van der Waals surface area contributed by atoms with Crippen LogP contribution in [0.1, 0.15) is 20.3 Å². The summed E-state index contributed by atoms with van der Waals surface area (Å²) in [5.41, 5.74) is -1.12. The number of aliphatic carboxylic acids is 1. The molecular formula is C9H12O4. The molecule has 0 saturated heterocycles. The normalized spacial score (nSPS) is 28.7. The maximum atomic E-state index is 10.7. The van der Waals surface area contributed by atoms with Crippen molar-refractivity contribution in [1.29, 1.82) is 0 Å². The van der Waals surface area contributed by atoms with Crippen LogP contribution in [0.5, 0.6) is 0 Å². The van der Waals surface area contributed by atoms with Crippen molar-refractivity contribution in [2.75, 3.05) is 0 Å². The number of carboxylic acids is 1. The molecule has 0 fully saturated rings. The van der Waals surface area contributed by atoms with E-state index in [1.807, 2.05) is 0 Å². The Bertz CT molecular complexity index is 314. The summed E-state index contributed by atoms with van der Waals surface area (Å²) in [5, 5.41) is 27.7. The number of aliphatic hydroxyl groups excluding tert-OH is 1. The van der Waals surface area contributed by atoms with Crippen LogP contribution in [0.15, 0.2) is 23.0 Å². The first-order valence-electron chi connectivity index (χ1n) is 3.91. The summed E-state index contributed by atoms with van der Waals surface area (Å²) in [7, 11) is 0. The van der Waals surface area contributed by atoms with Gasteiger partial charge in [0.15, 0.2) is 5.60 Å². The van der Waals surface area contributed by atoms with Gasteiger partial charge in [-0.3, -0.25) is 0 Å². The van der Waals surface area contributed by atoms with Gasteiger partial charge in [-0.2, -0.15) is 0 Å². The highest BCUT2D eigenvalue weighted by atomic mass is 16.4. The van der Waals surface area contributed by atoms with Crippen LogP contribution >= 0.6 is 0 Å². The number of carbonyl (C=O) groups is 1. The number of rotatable bonds is 1. The lowest BCUT2D eigenvalue weighted by Gasteiger charge is -2.28. The molecular weight excluding hydrogens is 172 g/mol. The third-order valence-electron chi connectivity index (χ3n) is 2.32. The van der Waals surface area contributed by atoms with Crippen molar-refractivity contribution in [3.8, 4) is 0 Å². The summed E-state index contributed by atoms with van der Waals surface area (Å²) >= 11 is 0. The summed E-state index contributed by atoms with van der Waals surface area (Å²) < 4.78 is 0. The van der Waals surface area contributed by atoms with E-state index in [1.165, 1.54) is 13.0 Å². The molecule has 0 spiro atoms. The molecule has 4 heteroatoms. The minimum Gasteiger partial charge on any atom is -0.508 e. The Morgan fingerprint density at radius 1 is 1.54 bits per heavy atom. The average Bonchev–Trinajstić information content (AvgIpc) is 2.01. The first-order chi connectivity index (χ1) is 5.88. The molecule has 1 unspecified atom stereocenters. The Kier molecular flexibility index (Phi) is 2.17. The van der Waals surface area contributed by atoms with Crippen molar-refractivity contribution in [3.63, 3.8) is 0 Å². The SMILES string of the molecule is CC1=CC(O)=C(C)CC1(O)C(=O)O. The Labute approximate surface area is 75.8 Å². The van der Waals surface area contributed by atoms with Gasteiger partial charge in [-0.1, -0.05) is 0 Å². The highest BCUT2D eigenvalue weighted by Gasteiger charge is 2.40. The third kappa shape index (κ3) is 1.45. The first-order valence-corrected chi connectivity index (χ1v) is 3.91. The van der Waals surface area contributed by atoms with E-state index in [0.29, 0.717) is 5.57 Å². The van der Waals surface area contributed by atoms with Crippen LogP contribution in [-0.4, -0.2) is 26.9 Å². The molecule has 1 aliphatic carbocycles. The summed E-state index contributed by atoms with van der Waals surface area (Å²) in [6.45, 7) is 3.07. The standard InChI is InChI=1S/C9H12O4/c1-5-4-9(13,8(11)12)6(2)3-7(5)10/h3,10,13H,4H2,1-2H3,(H,11,12). The molecule has 1 atom stereocenters. The fourth-order valence-corrected chi connectivity index (χ4v) is 1.31. The Morgan fingerprint density at radius 3 is 2.54 bits per heavy atom. The lowest BCUT2D eigenvalue weighted by molar-refractivity contribution is -0.154. The van der Waals surface area contributed by atoms with Gasteiger partial charge in [-0.25, -0.2) is 4.79 Å². The van der Waals surface area contributed by atoms with E-state index in [2.05, 4.69) is 0 Å². The van der Waals surface area contributed by atoms with E-state index in [-0.39, 0.29) is 17.8 Å². The average molecular weight is 184 g/mol. The molecule has 13 heavy (non-hydrogen) atoms. The predicted octanol–water partition coefficient (Wildman–Crippen LogP) is 0.984. The molecule has 4 nitrogen and oxygen atoms in total. The Hall–Kier alpha value is -1.29. The Balaban J connectivity index is 3.13. The van der Waals surface area contributed by atoms with Crippen LogP contribution in [0.25, 0.3) is 0 Å². The zero-order valence-corrected chi connectivity index (χ0v) is 7.53. The molecule has 1 aliphatic rings. The van der Waals surface area contributed by atoms with E-state index in [4.69, 9.17) is 5.11 Å². The zero-order chi connectivity index (χ0) is 10.2. The van der Waals surface area contributed by atoms with E-state index in [9.17, 15) is 15.0 Å². The number of hydrogen-bond acceptors (Lipinski definition) is 3. The molecule has 0 amide bonds. The third-order valence-corrected chi connectivity index (χ3v) is 2.32. The maximum Gasteiger partial charge on any atom is 0.340 e. The molecule has 0 aliphatic heterocycles. The second-order valence-electron chi connectivity index (χ2n) is 3.34. The first kappa shape index (κ1) is 9.80. The van der Waals surface area contributed by atoms with Gasteiger partial charge in [0, 0.05) is 6.42 Å². The van der Waals surface area contributed by atoms with Gasteiger partial charge in [0.1, 0.15) is 5.76 Å².